The van der Waals surface area contributed by atoms with E-state index in [0.29, 0.717) is 26.1 Å². The van der Waals surface area contributed by atoms with Gasteiger partial charge in [-0.1, -0.05) is 13.3 Å². The van der Waals surface area contributed by atoms with E-state index in [0.717, 1.165) is 19.3 Å². The molecule has 1 aliphatic carbocycles. The van der Waals surface area contributed by atoms with E-state index in [1.807, 2.05) is 13.8 Å². The van der Waals surface area contributed by atoms with Crippen molar-refractivity contribution in [2.45, 2.75) is 39.5 Å². The number of carbonyl (C=O) groups excluding carboxylic acids is 2. The fourth-order valence-corrected chi connectivity index (χ4v) is 3.49. The van der Waals surface area contributed by atoms with E-state index in [4.69, 9.17) is 0 Å². The second-order valence-corrected chi connectivity index (χ2v) is 6.93. The average Bonchev–Trinajstić information content (AvgIpc) is 2.45. The highest BCUT2D eigenvalue weighted by Crippen LogP contribution is 2.40. The Morgan fingerprint density at radius 2 is 1.91 bits per heavy atom. The third-order valence-corrected chi connectivity index (χ3v) is 5.00. The number of rotatable bonds is 5. The molecule has 0 radical (unpaired) electrons. The Morgan fingerprint density at radius 1 is 1.22 bits per heavy atom. The van der Waals surface area contributed by atoms with Crippen molar-refractivity contribution >= 4 is 17.9 Å². The Hall–Kier alpha value is -1.79. The van der Waals surface area contributed by atoms with Crippen LogP contribution >= 0.6 is 0 Å². The zero-order valence-electron chi connectivity index (χ0n) is 13.9. The van der Waals surface area contributed by atoms with Crippen molar-refractivity contribution in [2.75, 3.05) is 26.2 Å². The molecule has 0 aromatic heterocycles. The fourth-order valence-electron chi connectivity index (χ4n) is 3.49. The lowest BCUT2D eigenvalue weighted by Gasteiger charge is -2.41. The molecule has 0 aromatic rings. The summed E-state index contributed by atoms with van der Waals surface area (Å²) < 4.78 is 0. The van der Waals surface area contributed by atoms with Crippen molar-refractivity contribution in [2.24, 2.45) is 17.3 Å². The van der Waals surface area contributed by atoms with Crippen molar-refractivity contribution in [1.29, 1.82) is 0 Å². The Kier molecular flexibility index (Phi) is 5.49. The number of likely N-dealkylation sites (tertiary alicyclic amines) is 1. The topological polar surface area (TPSA) is 98.7 Å². The molecule has 1 saturated carbocycles. The summed E-state index contributed by atoms with van der Waals surface area (Å²) in [6, 6.07) is -0.265. The zero-order chi connectivity index (χ0) is 17.0. The summed E-state index contributed by atoms with van der Waals surface area (Å²) in [5, 5.41) is 14.9. The summed E-state index contributed by atoms with van der Waals surface area (Å²) in [6.07, 6.45) is 3.16. The third-order valence-electron chi connectivity index (χ3n) is 5.00. The van der Waals surface area contributed by atoms with Gasteiger partial charge in [0.05, 0.1) is 11.3 Å². The van der Waals surface area contributed by atoms with Gasteiger partial charge in [-0.15, -0.1) is 0 Å². The highest BCUT2D eigenvalue weighted by molar-refractivity contribution is 5.85. The molecule has 7 heteroatoms. The average molecular weight is 325 g/mol. The number of aliphatic carboxylic acids is 1. The Morgan fingerprint density at radius 3 is 2.43 bits per heavy atom. The van der Waals surface area contributed by atoms with Gasteiger partial charge in [-0.05, 0) is 32.1 Å². The summed E-state index contributed by atoms with van der Waals surface area (Å²) >= 11 is 0. The molecule has 1 saturated heterocycles. The van der Waals surface area contributed by atoms with E-state index in [9.17, 15) is 19.5 Å². The van der Waals surface area contributed by atoms with Crippen LogP contribution in [0.1, 0.15) is 39.5 Å². The van der Waals surface area contributed by atoms with Crippen molar-refractivity contribution < 1.29 is 19.5 Å². The molecule has 0 spiro atoms. The molecule has 7 nitrogen and oxygen atoms in total. The molecule has 0 bridgehead atoms. The van der Waals surface area contributed by atoms with Gasteiger partial charge in [-0.25, -0.2) is 4.79 Å². The monoisotopic (exact) mass is 325 g/mol. The van der Waals surface area contributed by atoms with E-state index in [1.54, 1.807) is 4.90 Å². The Balaban J connectivity index is 1.91. The van der Waals surface area contributed by atoms with Crippen LogP contribution in [-0.2, 0) is 9.59 Å². The summed E-state index contributed by atoms with van der Waals surface area (Å²) in [6.45, 7) is 5.53. The molecule has 3 N–H and O–H groups in total. The Bertz CT molecular complexity index is 476. The van der Waals surface area contributed by atoms with Crippen molar-refractivity contribution in [3.8, 4) is 0 Å². The van der Waals surface area contributed by atoms with E-state index in [2.05, 4.69) is 10.6 Å². The van der Waals surface area contributed by atoms with Crippen LogP contribution in [0, 0.1) is 17.3 Å². The number of carboxylic acids is 1. The minimum Gasteiger partial charge on any atom is -0.481 e. The van der Waals surface area contributed by atoms with Crippen LogP contribution in [0.25, 0.3) is 0 Å². The third kappa shape index (κ3) is 3.95. The van der Waals surface area contributed by atoms with Crippen LogP contribution in [0.2, 0.25) is 0 Å². The molecular weight excluding hydrogens is 298 g/mol. The quantitative estimate of drug-likeness (QED) is 0.703. The molecular formula is C16H27N3O4. The number of nitrogens with one attached hydrogen (secondary N) is 2. The maximum Gasteiger partial charge on any atom is 0.317 e. The van der Waals surface area contributed by atoms with Gasteiger partial charge in [0, 0.05) is 26.2 Å². The van der Waals surface area contributed by atoms with Crippen LogP contribution in [0.5, 0.6) is 0 Å². The lowest BCUT2D eigenvalue weighted by Crippen LogP contribution is -2.55. The largest absolute Gasteiger partial charge is 0.481 e. The first-order valence-corrected chi connectivity index (χ1v) is 8.42. The minimum atomic E-state index is -0.855. The molecule has 2 fully saturated rings. The van der Waals surface area contributed by atoms with Crippen molar-refractivity contribution in [3.63, 3.8) is 0 Å². The van der Waals surface area contributed by atoms with E-state index in [1.165, 1.54) is 0 Å². The molecule has 3 amide bonds. The van der Waals surface area contributed by atoms with Crippen LogP contribution in [0.15, 0.2) is 0 Å². The van der Waals surface area contributed by atoms with Gasteiger partial charge in [0.25, 0.3) is 0 Å². The summed E-state index contributed by atoms with van der Waals surface area (Å²) in [4.78, 5) is 37.3. The summed E-state index contributed by atoms with van der Waals surface area (Å²) in [5.41, 5.74) is -0.487. The lowest BCUT2D eigenvalue weighted by molar-refractivity contribution is -0.143. The first-order chi connectivity index (χ1) is 10.9. The van der Waals surface area contributed by atoms with Gasteiger partial charge in [-0.2, -0.15) is 0 Å². The number of amides is 3. The number of urea groups is 1. The van der Waals surface area contributed by atoms with Gasteiger partial charge in [0.2, 0.25) is 5.91 Å². The summed E-state index contributed by atoms with van der Waals surface area (Å²) in [5.74, 6) is -1.20. The number of carboxylic acid groups (broad SMARTS) is 1. The highest BCUT2D eigenvalue weighted by atomic mass is 16.4. The molecule has 0 aromatic carbocycles. The van der Waals surface area contributed by atoms with Gasteiger partial charge >= 0.3 is 12.0 Å². The lowest BCUT2D eigenvalue weighted by atomic mass is 9.68. The predicted octanol–water partition coefficient (Wildman–Crippen LogP) is 1.05. The standard InChI is InChI=1S/C16H27N3O4/c1-3-17-14(22)16(5-4-6-16)10-18-15(23)19-8-11(2)7-12(9-19)13(20)21/h11-12H,3-10H2,1-2H3,(H,17,22)(H,18,23)(H,20,21). The first-order valence-electron chi connectivity index (χ1n) is 8.42. The van der Waals surface area contributed by atoms with E-state index < -0.39 is 17.3 Å². The molecule has 1 aliphatic heterocycles. The molecule has 2 aliphatic rings. The second kappa shape index (κ2) is 7.19. The molecule has 130 valence electrons. The van der Waals surface area contributed by atoms with Crippen LogP contribution < -0.4 is 10.6 Å². The maximum atomic E-state index is 12.4. The normalized spacial score (nSPS) is 26.1. The SMILES string of the molecule is CCNC(=O)C1(CNC(=O)N2CC(C)CC(C(=O)O)C2)CCC1. The first kappa shape index (κ1) is 17.6. The van der Waals surface area contributed by atoms with Gasteiger partial charge in [-0.3, -0.25) is 9.59 Å². The number of hydrogen-bond acceptors (Lipinski definition) is 3. The van der Waals surface area contributed by atoms with Crippen LogP contribution in [0.4, 0.5) is 4.79 Å². The van der Waals surface area contributed by atoms with Gasteiger partial charge in [0.15, 0.2) is 0 Å². The zero-order valence-corrected chi connectivity index (χ0v) is 13.9. The highest BCUT2D eigenvalue weighted by Gasteiger charge is 2.44. The number of hydrogen-bond donors (Lipinski definition) is 3. The van der Waals surface area contributed by atoms with Gasteiger partial charge < -0.3 is 20.6 Å². The molecule has 2 atom stereocenters. The number of piperidine rings is 1. The smallest absolute Gasteiger partial charge is 0.317 e. The number of nitrogens with zero attached hydrogens (tertiary/aromatic N) is 1. The summed E-state index contributed by atoms with van der Waals surface area (Å²) in [7, 11) is 0. The van der Waals surface area contributed by atoms with Crippen LogP contribution in [-0.4, -0.2) is 54.1 Å². The van der Waals surface area contributed by atoms with Crippen molar-refractivity contribution in [1.82, 2.24) is 15.5 Å². The second-order valence-electron chi connectivity index (χ2n) is 6.93. The molecule has 1 heterocycles. The van der Waals surface area contributed by atoms with Crippen LogP contribution in [0.3, 0.4) is 0 Å². The van der Waals surface area contributed by atoms with E-state index >= 15 is 0 Å². The number of carbonyl (C=O) groups is 3. The fraction of sp³-hybridized carbons (Fsp3) is 0.812. The maximum absolute atomic E-state index is 12.4. The molecule has 23 heavy (non-hydrogen) atoms. The molecule has 2 unspecified atom stereocenters. The molecule has 2 rings (SSSR count). The van der Waals surface area contributed by atoms with Crippen molar-refractivity contribution in [3.05, 3.63) is 0 Å². The predicted molar refractivity (Wildman–Crippen MR) is 84.8 cm³/mol. The van der Waals surface area contributed by atoms with E-state index in [-0.39, 0.29) is 24.4 Å². The van der Waals surface area contributed by atoms with Gasteiger partial charge in [0.1, 0.15) is 0 Å². The Labute approximate surface area is 136 Å². The minimum absolute atomic E-state index is 0.00183.